The maximum absolute atomic E-state index is 5.96. The van der Waals surface area contributed by atoms with Crippen LogP contribution in [0.1, 0.15) is 10.4 Å². The Morgan fingerprint density at radius 2 is 2.17 bits per heavy atom. The average Bonchev–Trinajstić information content (AvgIpc) is 2.96. The van der Waals surface area contributed by atoms with Gasteiger partial charge in [0.2, 0.25) is 0 Å². The number of furan rings is 1. The van der Waals surface area contributed by atoms with Crippen molar-refractivity contribution in [2.24, 2.45) is 0 Å². The first-order valence-electron chi connectivity index (χ1n) is 5.99. The van der Waals surface area contributed by atoms with Crippen LogP contribution >= 0.6 is 11.3 Å². The van der Waals surface area contributed by atoms with Crippen molar-refractivity contribution >= 4 is 22.3 Å². The molecule has 0 saturated heterocycles. The summed E-state index contributed by atoms with van der Waals surface area (Å²) in [6.45, 7) is 2.99. The van der Waals surface area contributed by atoms with Crippen molar-refractivity contribution < 1.29 is 4.42 Å². The van der Waals surface area contributed by atoms with Crippen molar-refractivity contribution in [3.63, 3.8) is 0 Å². The number of aryl methyl sites for hydroxylation is 1. The molecule has 0 unspecified atom stereocenters. The fourth-order valence-corrected chi connectivity index (χ4v) is 3.01. The Hall–Kier alpha value is -1.58. The topological polar surface area (TPSA) is 25.2 Å². The molecule has 0 aliphatic carbocycles. The van der Waals surface area contributed by atoms with Crippen LogP contribution in [-0.4, -0.2) is 7.05 Å². The highest BCUT2D eigenvalue weighted by Crippen LogP contribution is 2.32. The molecule has 2 heterocycles. The molecule has 92 valence electrons. The van der Waals surface area contributed by atoms with Crippen LogP contribution in [0.15, 0.2) is 40.1 Å². The largest absolute Gasteiger partial charge is 0.456 e. The zero-order valence-electron chi connectivity index (χ0n) is 10.5. The fourth-order valence-electron chi connectivity index (χ4n) is 2.13. The lowest BCUT2D eigenvalue weighted by Gasteiger charge is -1.93. The minimum Gasteiger partial charge on any atom is -0.456 e. The van der Waals surface area contributed by atoms with Crippen LogP contribution < -0.4 is 5.32 Å². The van der Waals surface area contributed by atoms with E-state index in [1.165, 1.54) is 21.4 Å². The molecule has 2 aromatic heterocycles. The van der Waals surface area contributed by atoms with E-state index in [0.717, 1.165) is 17.9 Å². The summed E-state index contributed by atoms with van der Waals surface area (Å²) in [5, 5.41) is 6.49. The van der Waals surface area contributed by atoms with Crippen molar-refractivity contribution in [2.75, 3.05) is 7.05 Å². The molecular formula is C15H15NOS. The molecule has 0 saturated carbocycles. The van der Waals surface area contributed by atoms with Gasteiger partial charge in [0.05, 0.1) is 0 Å². The Balaban J connectivity index is 2.05. The molecule has 0 spiro atoms. The van der Waals surface area contributed by atoms with Gasteiger partial charge in [-0.2, -0.15) is 0 Å². The van der Waals surface area contributed by atoms with Crippen LogP contribution in [-0.2, 0) is 6.54 Å². The van der Waals surface area contributed by atoms with Crippen LogP contribution in [0.5, 0.6) is 0 Å². The van der Waals surface area contributed by atoms with Crippen LogP contribution in [0, 0.1) is 6.92 Å². The van der Waals surface area contributed by atoms with E-state index < -0.39 is 0 Å². The summed E-state index contributed by atoms with van der Waals surface area (Å²) in [7, 11) is 1.96. The van der Waals surface area contributed by atoms with Gasteiger partial charge in [0, 0.05) is 27.8 Å². The maximum Gasteiger partial charge on any atom is 0.137 e. The van der Waals surface area contributed by atoms with E-state index in [1.54, 1.807) is 11.3 Å². The van der Waals surface area contributed by atoms with Crippen LogP contribution in [0.25, 0.3) is 22.3 Å². The van der Waals surface area contributed by atoms with Gasteiger partial charge in [-0.1, -0.05) is 18.2 Å². The summed E-state index contributed by atoms with van der Waals surface area (Å²) in [5.74, 6) is 0.956. The molecule has 0 aliphatic heterocycles. The first-order valence-corrected chi connectivity index (χ1v) is 6.87. The number of benzene rings is 1. The molecule has 3 aromatic rings. The van der Waals surface area contributed by atoms with Gasteiger partial charge in [-0.3, -0.25) is 0 Å². The summed E-state index contributed by atoms with van der Waals surface area (Å²) >= 11 is 1.76. The van der Waals surface area contributed by atoms with Crippen molar-refractivity contribution in [3.05, 3.63) is 46.2 Å². The monoisotopic (exact) mass is 257 g/mol. The molecule has 1 aromatic carbocycles. The smallest absolute Gasteiger partial charge is 0.137 e. The van der Waals surface area contributed by atoms with Gasteiger partial charge >= 0.3 is 0 Å². The highest BCUT2D eigenvalue weighted by molar-refractivity contribution is 7.10. The molecule has 0 aliphatic rings. The van der Waals surface area contributed by atoms with Gasteiger partial charge < -0.3 is 9.73 Å². The quantitative estimate of drug-likeness (QED) is 0.761. The van der Waals surface area contributed by atoms with Gasteiger partial charge in [0.1, 0.15) is 11.3 Å². The van der Waals surface area contributed by atoms with Crippen LogP contribution in [0.3, 0.4) is 0 Å². The van der Waals surface area contributed by atoms with E-state index in [2.05, 4.69) is 48.0 Å². The number of rotatable bonds is 3. The van der Waals surface area contributed by atoms with E-state index >= 15 is 0 Å². The molecule has 18 heavy (non-hydrogen) atoms. The summed E-state index contributed by atoms with van der Waals surface area (Å²) in [5.41, 5.74) is 3.35. The molecular weight excluding hydrogens is 242 g/mol. The lowest BCUT2D eigenvalue weighted by Crippen LogP contribution is -2.02. The van der Waals surface area contributed by atoms with Crippen molar-refractivity contribution in [3.8, 4) is 11.3 Å². The second kappa shape index (κ2) is 4.59. The van der Waals surface area contributed by atoms with Crippen molar-refractivity contribution in [1.82, 2.24) is 5.32 Å². The van der Waals surface area contributed by atoms with E-state index in [9.17, 15) is 0 Å². The lowest BCUT2D eigenvalue weighted by molar-refractivity contribution is 0.629. The second-order valence-corrected chi connectivity index (χ2v) is 5.43. The number of hydrogen-bond donors (Lipinski definition) is 1. The Bertz CT molecular complexity index is 681. The third-order valence-corrected chi connectivity index (χ3v) is 3.97. The number of para-hydroxylation sites is 1. The summed E-state index contributed by atoms with van der Waals surface area (Å²) < 4.78 is 5.96. The summed E-state index contributed by atoms with van der Waals surface area (Å²) in [6, 6.07) is 10.5. The van der Waals surface area contributed by atoms with E-state index in [-0.39, 0.29) is 0 Å². The van der Waals surface area contributed by atoms with Gasteiger partial charge in [-0.25, -0.2) is 0 Å². The number of thiophene rings is 1. The molecule has 0 bridgehead atoms. The highest BCUT2D eigenvalue weighted by atomic mass is 32.1. The Kier molecular flexibility index (Phi) is 2.94. The Labute approximate surface area is 110 Å². The second-order valence-electron chi connectivity index (χ2n) is 4.44. The zero-order chi connectivity index (χ0) is 12.5. The third kappa shape index (κ3) is 1.96. The third-order valence-electron chi connectivity index (χ3n) is 3.03. The Morgan fingerprint density at radius 3 is 2.94 bits per heavy atom. The van der Waals surface area contributed by atoms with Gasteiger partial charge in [-0.15, -0.1) is 11.3 Å². The maximum atomic E-state index is 5.96. The molecule has 0 fully saturated rings. The number of nitrogens with one attached hydrogen (secondary N) is 1. The minimum absolute atomic E-state index is 0.907. The van der Waals surface area contributed by atoms with E-state index in [1.807, 2.05) is 7.05 Å². The number of fused-ring (bicyclic) bond motifs is 1. The molecule has 0 radical (unpaired) electrons. The van der Waals surface area contributed by atoms with E-state index in [0.29, 0.717) is 0 Å². The first-order chi connectivity index (χ1) is 8.78. The molecule has 0 amide bonds. The fraction of sp³-hybridized carbons (Fsp3) is 0.200. The van der Waals surface area contributed by atoms with Crippen molar-refractivity contribution in [2.45, 2.75) is 13.5 Å². The van der Waals surface area contributed by atoms with Crippen LogP contribution in [0.4, 0.5) is 0 Å². The van der Waals surface area contributed by atoms with Gasteiger partial charge in [0.25, 0.3) is 0 Å². The predicted molar refractivity (Wildman–Crippen MR) is 77.0 cm³/mol. The Morgan fingerprint density at radius 1 is 1.28 bits per heavy atom. The summed E-state index contributed by atoms with van der Waals surface area (Å²) in [6.07, 6.45) is 0. The molecule has 1 N–H and O–H groups in total. The highest BCUT2D eigenvalue weighted by Gasteiger charge is 2.09. The van der Waals surface area contributed by atoms with Gasteiger partial charge in [-0.05, 0) is 31.7 Å². The molecule has 3 rings (SSSR count). The van der Waals surface area contributed by atoms with Crippen molar-refractivity contribution in [1.29, 1.82) is 0 Å². The molecule has 3 heteroatoms. The van der Waals surface area contributed by atoms with E-state index in [4.69, 9.17) is 4.42 Å². The predicted octanol–water partition coefficient (Wildman–Crippen LogP) is 4.19. The normalized spacial score (nSPS) is 11.2. The summed E-state index contributed by atoms with van der Waals surface area (Å²) in [4.78, 5) is 1.32. The number of hydrogen-bond acceptors (Lipinski definition) is 3. The molecule has 2 nitrogen and oxygen atoms in total. The molecule has 0 atom stereocenters. The van der Waals surface area contributed by atoms with Crippen LogP contribution in [0.2, 0.25) is 0 Å². The SMILES string of the molecule is CNCc1cc(-c2cc3cccc(C)c3o2)cs1. The standard InChI is InChI=1S/C15H15NOS/c1-10-4-3-5-11-7-14(17-15(10)11)12-6-13(8-16-2)18-9-12/h3-7,9,16H,8H2,1-2H3. The first kappa shape index (κ1) is 11.5. The average molecular weight is 257 g/mol. The zero-order valence-corrected chi connectivity index (χ0v) is 11.3. The minimum atomic E-state index is 0.907. The van der Waals surface area contributed by atoms with Gasteiger partial charge in [0.15, 0.2) is 0 Å². The lowest BCUT2D eigenvalue weighted by atomic mass is 10.1.